The number of rotatable bonds is 33. The van der Waals surface area contributed by atoms with Gasteiger partial charge in [-0.3, -0.25) is 9.69 Å². The van der Waals surface area contributed by atoms with Gasteiger partial charge in [-0.05, 0) is 52.3 Å². The molecule has 1 N–H and O–H groups in total. The Labute approximate surface area is 346 Å². The highest BCUT2D eigenvalue weighted by molar-refractivity contribution is 7.89. The van der Waals surface area contributed by atoms with Crippen molar-refractivity contribution in [2.75, 3.05) is 145 Å². The van der Waals surface area contributed by atoms with Crippen molar-refractivity contribution in [2.45, 2.75) is 57.5 Å². The van der Waals surface area contributed by atoms with Gasteiger partial charge in [-0.15, -0.1) is 0 Å². The zero-order chi connectivity index (χ0) is 42.7. The Morgan fingerprint density at radius 2 is 1.21 bits per heavy atom. The van der Waals surface area contributed by atoms with Crippen LogP contribution in [0.5, 0.6) is 0 Å². The number of fused-ring (bicyclic) bond motifs is 1. The summed E-state index contributed by atoms with van der Waals surface area (Å²) in [7, 11) is 1.52. The van der Waals surface area contributed by atoms with Crippen molar-refractivity contribution < 1.29 is 55.9 Å². The number of hydrogen-bond acceptors (Lipinski definition) is 14. The predicted molar refractivity (Wildman–Crippen MR) is 224 cm³/mol. The van der Waals surface area contributed by atoms with Crippen LogP contribution in [0.25, 0.3) is 10.8 Å². The number of amides is 1. The third-order valence-corrected chi connectivity index (χ3v) is 10.6. The number of alkyl carbamates (subject to hydrolysis) is 1. The fraction of sp³-hybridized carbons (Fsp3) is 0.707. The predicted octanol–water partition coefficient (Wildman–Crippen LogP) is 4.19. The molecule has 0 saturated heterocycles. The fourth-order valence-electron chi connectivity index (χ4n) is 5.70. The molecule has 0 spiro atoms. The molecule has 17 heteroatoms. The van der Waals surface area contributed by atoms with Crippen molar-refractivity contribution in [1.29, 1.82) is 0 Å². The molecule has 0 aliphatic carbocycles. The van der Waals surface area contributed by atoms with Crippen molar-refractivity contribution in [3.8, 4) is 0 Å². The molecule has 2 rings (SSSR count). The van der Waals surface area contributed by atoms with Gasteiger partial charge in [0, 0.05) is 76.3 Å². The van der Waals surface area contributed by atoms with Crippen molar-refractivity contribution in [1.82, 2.24) is 14.5 Å². The van der Waals surface area contributed by atoms with Gasteiger partial charge in [-0.2, -0.15) is 4.31 Å². The minimum atomic E-state index is -3.75. The van der Waals surface area contributed by atoms with E-state index in [9.17, 15) is 18.0 Å². The first-order valence-electron chi connectivity index (χ1n) is 20.2. The van der Waals surface area contributed by atoms with Crippen LogP contribution in [0.1, 0.15) is 47.0 Å². The molecule has 0 saturated carbocycles. The Morgan fingerprint density at radius 3 is 1.76 bits per heavy atom. The number of esters is 1. The first-order chi connectivity index (χ1) is 27.8. The topological polar surface area (TPSA) is 164 Å². The lowest BCUT2D eigenvalue weighted by Crippen LogP contribution is -2.36. The Kier molecular flexibility index (Phi) is 25.6. The molecule has 0 aliphatic heterocycles. The van der Waals surface area contributed by atoms with Crippen LogP contribution in [0.3, 0.4) is 0 Å². The molecule has 0 fully saturated rings. The summed E-state index contributed by atoms with van der Waals surface area (Å²) in [6.07, 6.45) is 1.09. The molecule has 1 amide bonds. The van der Waals surface area contributed by atoms with Crippen LogP contribution < -0.4 is 10.2 Å². The first kappa shape index (κ1) is 51.0. The number of sulfonamides is 1. The molecular weight excluding hydrogens is 773 g/mol. The molecule has 332 valence electrons. The molecule has 0 heterocycles. The third kappa shape index (κ3) is 21.2. The molecule has 58 heavy (non-hydrogen) atoms. The number of nitrogens with one attached hydrogen (secondary N) is 1. The van der Waals surface area contributed by atoms with Crippen LogP contribution >= 0.6 is 0 Å². The van der Waals surface area contributed by atoms with E-state index in [1.54, 1.807) is 16.4 Å². The summed E-state index contributed by atoms with van der Waals surface area (Å²) in [6, 6.07) is 11.2. The van der Waals surface area contributed by atoms with E-state index in [2.05, 4.69) is 15.0 Å². The minimum Gasteiger partial charge on any atom is -0.469 e. The summed E-state index contributed by atoms with van der Waals surface area (Å²) in [6.45, 7) is 15.4. The number of ether oxygens (including phenoxy) is 8. The normalized spacial score (nSPS) is 12.1. The Bertz CT molecular complexity index is 1540. The van der Waals surface area contributed by atoms with Crippen molar-refractivity contribution in [2.24, 2.45) is 0 Å². The van der Waals surface area contributed by atoms with Gasteiger partial charge in [0.2, 0.25) is 10.0 Å². The van der Waals surface area contributed by atoms with Crippen LogP contribution in [-0.4, -0.2) is 175 Å². The van der Waals surface area contributed by atoms with Crippen LogP contribution in [0.2, 0.25) is 0 Å². The lowest BCUT2D eigenvalue weighted by atomic mass is 10.1. The standard InChI is InChI=1S/C41H70N4O12S/c1-8-45(58(48,49)38-16-10-13-35-36(38)14-9-15-37(35)43(5)6)20-12-19-44(21-25-53-29-33-55-31-27-51-23-11-17-39(46)50-7)22-26-54-30-34-56-32-28-52-24-18-42-40(47)57-41(2,3)4/h9-10,13-16H,8,11-12,17-34H2,1-7H3,(H,42,47). The lowest BCUT2D eigenvalue weighted by Gasteiger charge is -2.25. The van der Waals surface area contributed by atoms with Crippen molar-refractivity contribution >= 4 is 38.5 Å². The van der Waals surface area contributed by atoms with Gasteiger partial charge in [0.25, 0.3) is 0 Å². The highest BCUT2D eigenvalue weighted by atomic mass is 32.2. The number of benzene rings is 2. The average Bonchev–Trinajstić information content (AvgIpc) is 3.18. The Hall–Kier alpha value is -3.13. The molecule has 2 aromatic carbocycles. The van der Waals surface area contributed by atoms with E-state index >= 15 is 0 Å². The average molecular weight is 843 g/mol. The van der Waals surface area contributed by atoms with E-state index in [0.29, 0.717) is 148 Å². The summed E-state index contributed by atoms with van der Waals surface area (Å²) in [5, 5.41) is 4.25. The van der Waals surface area contributed by atoms with Gasteiger partial charge in [-0.1, -0.05) is 31.2 Å². The van der Waals surface area contributed by atoms with Gasteiger partial charge >= 0.3 is 12.1 Å². The molecular formula is C41H70N4O12S. The zero-order valence-corrected chi connectivity index (χ0v) is 36.8. The summed E-state index contributed by atoms with van der Waals surface area (Å²) in [4.78, 5) is 27.4. The van der Waals surface area contributed by atoms with E-state index in [1.165, 1.54) is 7.11 Å². The summed E-state index contributed by atoms with van der Waals surface area (Å²) in [5.74, 6) is -0.248. The second-order valence-corrected chi connectivity index (χ2v) is 16.4. The van der Waals surface area contributed by atoms with Crippen molar-refractivity contribution in [3.63, 3.8) is 0 Å². The summed E-state index contributed by atoms with van der Waals surface area (Å²) >= 11 is 0. The van der Waals surface area contributed by atoms with Crippen LogP contribution in [0.4, 0.5) is 10.5 Å². The molecule has 16 nitrogen and oxygen atoms in total. The number of carbonyl (C=O) groups is 2. The van der Waals surface area contributed by atoms with Crippen molar-refractivity contribution in [3.05, 3.63) is 36.4 Å². The maximum absolute atomic E-state index is 14.0. The molecule has 0 unspecified atom stereocenters. The second kappa shape index (κ2) is 29.2. The Balaban J connectivity index is 1.79. The Morgan fingerprint density at radius 1 is 0.672 bits per heavy atom. The number of nitrogens with zero attached hydrogens (tertiary/aromatic N) is 3. The van der Waals surface area contributed by atoms with Gasteiger partial charge in [0.15, 0.2) is 0 Å². The van der Waals surface area contributed by atoms with Crippen LogP contribution in [0.15, 0.2) is 41.3 Å². The van der Waals surface area contributed by atoms with E-state index in [1.807, 2.05) is 71.0 Å². The number of methoxy groups -OCH3 is 1. The van der Waals surface area contributed by atoms with E-state index in [-0.39, 0.29) is 5.97 Å². The quantitative estimate of drug-likeness (QED) is 0.0804. The molecule has 0 atom stereocenters. The van der Waals surface area contributed by atoms with E-state index in [0.717, 1.165) is 11.1 Å². The van der Waals surface area contributed by atoms with Crippen LogP contribution in [0, 0.1) is 0 Å². The maximum atomic E-state index is 14.0. The third-order valence-electron chi connectivity index (χ3n) is 8.60. The lowest BCUT2D eigenvalue weighted by molar-refractivity contribution is -0.141. The SMILES string of the molecule is CCN(CCCN(CCOCCOCCOCCCC(=O)OC)CCOCCOCCOCCNC(=O)OC(C)(C)C)S(=O)(=O)c1cccc2c(N(C)C)cccc12. The molecule has 0 radical (unpaired) electrons. The second-order valence-electron chi connectivity index (χ2n) is 14.5. The number of carbonyl (C=O) groups excluding carboxylic acids is 2. The molecule has 0 bridgehead atoms. The monoisotopic (exact) mass is 842 g/mol. The molecule has 2 aromatic rings. The first-order valence-corrected chi connectivity index (χ1v) is 21.7. The molecule has 0 aliphatic rings. The largest absolute Gasteiger partial charge is 0.469 e. The van der Waals surface area contributed by atoms with Gasteiger partial charge in [0.1, 0.15) is 5.60 Å². The zero-order valence-electron chi connectivity index (χ0n) is 36.0. The van der Waals surface area contributed by atoms with E-state index < -0.39 is 21.7 Å². The number of hydrogen-bond donors (Lipinski definition) is 1. The fourth-order valence-corrected chi connectivity index (χ4v) is 7.40. The summed E-state index contributed by atoms with van der Waals surface area (Å²) in [5.41, 5.74) is 0.416. The van der Waals surface area contributed by atoms with Gasteiger partial charge < -0.3 is 48.1 Å². The smallest absolute Gasteiger partial charge is 0.407 e. The highest BCUT2D eigenvalue weighted by Crippen LogP contribution is 2.31. The van der Waals surface area contributed by atoms with Crippen LogP contribution in [-0.2, 0) is 52.7 Å². The van der Waals surface area contributed by atoms with Gasteiger partial charge in [0.05, 0.1) is 84.7 Å². The summed E-state index contributed by atoms with van der Waals surface area (Å²) < 4.78 is 73.2. The minimum absolute atomic E-state index is 0.248. The van der Waals surface area contributed by atoms with E-state index in [4.69, 9.17) is 33.2 Å². The highest BCUT2D eigenvalue weighted by Gasteiger charge is 2.25. The van der Waals surface area contributed by atoms with Gasteiger partial charge in [-0.25, -0.2) is 13.2 Å². The number of anilines is 1. The maximum Gasteiger partial charge on any atom is 0.407 e. The molecule has 0 aromatic heterocycles.